The summed E-state index contributed by atoms with van der Waals surface area (Å²) >= 11 is 0. The van der Waals surface area contributed by atoms with Crippen molar-refractivity contribution in [3.63, 3.8) is 0 Å². The summed E-state index contributed by atoms with van der Waals surface area (Å²) in [5.41, 5.74) is 1.32. The molecule has 2 rings (SSSR count). The third-order valence-corrected chi connectivity index (χ3v) is 3.55. The lowest BCUT2D eigenvalue weighted by Crippen LogP contribution is -2.44. The number of rotatable bonds is 5. The van der Waals surface area contributed by atoms with Crippen LogP contribution < -0.4 is 15.5 Å². The highest BCUT2D eigenvalue weighted by Crippen LogP contribution is 2.19. The maximum Gasteiger partial charge on any atom is 0.216 e. The monoisotopic (exact) mass is 261 g/mol. The van der Waals surface area contributed by atoms with Gasteiger partial charge in [0, 0.05) is 44.8 Å². The Morgan fingerprint density at radius 1 is 1.21 bits per heavy atom. The van der Waals surface area contributed by atoms with Crippen LogP contribution in [-0.4, -0.2) is 38.1 Å². The SMILES string of the molecule is CC(=O)NCCNC1CCN(c2ccccc2)CC1. The summed E-state index contributed by atoms with van der Waals surface area (Å²) < 4.78 is 0. The van der Waals surface area contributed by atoms with Crippen LogP contribution in [-0.2, 0) is 4.79 Å². The summed E-state index contributed by atoms with van der Waals surface area (Å²) in [6.07, 6.45) is 2.32. The number of amides is 1. The van der Waals surface area contributed by atoms with E-state index in [4.69, 9.17) is 0 Å². The van der Waals surface area contributed by atoms with E-state index >= 15 is 0 Å². The Morgan fingerprint density at radius 3 is 2.53 bits per heavy atom. The molecule has 0 atom stereocenters. The van der Waals surface area contributed by atoms with Gasteiger partial charge in [0.15, 0.2) is 0 Å². The first-order valence-corrected chi connectivity index (χ1v) is 7.03. The van der Waals surface area contributed by atoms with Crippen molar-refractivity contribution in [2.75, 3.05) is 31.1 Å². The molecule has 0 saturated carbocycles. The fourth-order valence-corrected chi connectivity index (χ4v) is 2.50. The second-order valence-corrected chi connectivity index (χ2v) is 5.03. The Morgan fingerprint density at radius 2 is 1.89 bits per heavy atom. The Kier molecular flexibility index (Phi) is 5.21. The van der Waals surface area contributed by atoms with Gasteiger partial charge in [-0.15, -0.1) is 0 Å². The Bertz CT molecular complexity index is 386. The minimum atomic E-state index is 0.0423. The first kappa shape index (κ1) is 13.9. The first-order chi connectivity index (χ1) is 9.25. The summed E-state index contributed by atoms with van der Waals surface area (Å²) in [5.74, 6) is 0.0423. The molecule has 1 fully saturated rings. The molecule has 1 saturated heterocycles. The molecular formula is C15H23N3O. The minimum Gasteiger partial charge on any atom is -0.371 e. The lowest BCUT2D eigenvalue weighted by molar-refractivity contribution is -0.118. The number of benzene rings is 1. The fraction of sp³-hybridized carbons (Fsp3) is 0.533. The average molecular weight is 261 g/mol. The Labute approximate surface area is 115 Å². The molecule has 1 aromatic rings. The van der Waals surface area contributed by atoms with Gasteiger partial charge in [0.2, 0.25) is 5.91 Å². The van der Waals surface area contributed by atoms with Gasteiger partial charge in [-0.2, -0.15) is 0 Å². The molecule has 0 spiro atoms. The zero-order chi connectivity index (χ0) is 13.5. The van der Waals surface area contributed by atoms with E-state index in [1.165, 1.54) is 5.69 Å². The van der Waals surface area contributed by atoms with Gasteiger partial charge >= 0.3 is 0 Å². The van der Waals surface area contributed by atoms with Crippen LogP contribution in [0.25, 0.3) is 0 Å². The van der Waals surface area contributed by atoms with Crippen LogP contribution in [0.5, 0.6) is 0 Å². The summed E-state index contributed by atoms with van der Waals surface area (Å²) in [4.78, 5) is 13.2. The van der Waals surface area contributed by atoms with Crippen LogP contribution in [0, 0.1) is 0 Å². The molecule has 0 unspecified atom stereocenters. The number of carbonyl (C=O) groups is 1. The maximum absolute atomic E-state index is 10.7. The smallest absolute Gasteiger partial charge is 0.216 e. The van der Waals surface area contributed by atoms with Crippen LogP contribution in [0.2, 0.25) is 0 Å². The number of anilines is 1. The van der Waals surface area contributed by atoms with Gasteiger partial charge in [0.1, 0.15) is 0 Å². The summed E-state index contributed by atoms with van der Waals surface area (Å²) in [7, 11) is 0. The van der Waals surface area contributed by atoms with E-state index in [1.807, 2.05) is 0 Å². The Hall–Kier alpha value is -1.55. The second kappa shape index (κ2) is 7.14. The van der Waals surface area contributed by atoms with Gasteiger partial charge in [-0.05, 0) is 25.0 Å². The van der Waals surface area contributed by atoms with Gasteiger partial charge in [0.25, 0.3) is 0 Å². The third-order valence-electron chi connectivity index (χ3n) is 3.55. The molecule has 0 bridgehead atoms. The zero-order valence-electron chi connectivity index (χ0n) is 11.6. The van der Waals surface area contributed by atoms with Crippen molar-refractivity contribution in [3.8, 4) is 0 Å². The lowest BCUT2D eigenvalue weighted by atomic mass is 10.0. The van der Waals surface area contributed by atoms with Crippen molar-refractivity contribution in [2.24, 2.45) is 0 Å². The van der Waals surface area contributed by atoms with E-state index in [1.54, 1.807) is 6.92 Å². The molecule has 0 aliphatic carbocycles. The molecule has 1 aliphatic rings. The molecule has 0 radical (unpaired) electrons. The molecule has 0 aromatic heterocycles. The topological polar surface area (TPSA) is 44.4 Å². The molecule has 2 N–H and O–H groups in total. The van der Waals surface area contributed by atoms with Crippen LogP contribution in [0.3, 0.4) is 0 Å². The molecule has 4 nitrogen and oxygen atoms in total. The summed E-state index contributed by atoms with van der Waals surface area (Å²) in [6.45, 7) is 5.33. The van der Waals surface area contributed by atoms with Crippen LogP contribution in [0.1, 0.15) is 19.8 Å². The van der Waals surface area contributed by atoms with Crippen LogP contribution >= 0.6 is 0 Å². The van der Waals surface area contributed by atoms with E-state index in [0.717, 1.165) is 32.5 Å². The summed E-state index contributed by atoms with van der Waals surface area (Å²) in [5, 5.41) is 6.32. The molecular weight excluding hydrogens is 238 g/mol. The Balaban J connectivity index is 1.67. The van der Waals surface area contributed by atoms with Crippen LogP contribution in [0.4, 0.5) is 5.69 Å². The molecule has 1 aliphatic heterocycles. The highest BCUT2D eigenvalue weighted by molar-refractivity contribution is 5.72. The van der Waals surface area contributed by atoms with Gasteiger partial charge in [-0.25, -0.2) is 0 Å². The molecule has 4 heteroatoms. The van der Waals surface area contributed by atoms with Crippen LogP contribution in [0.15, 0.2) is 30.3 Å². The number of carbonyl (C=O) groups excluding carboxylic acids is 1. The fourth-order valence-electron chi connectivity index (χ4n) is 2.50. The number of nitrogens with zero attached hydrogens (tertiary/aromatic N) is 1. The van der Waals surface area contributed by atoms with Crippen molar-refractivity contribution in [1.82, 2.24) is 10.6 Å². The number of para-hydroxylation sites is 1. The van der Waals surface area contributed by atoms with Gasteiger partial charge < -0.3 is 15.5 Å². The van der Waals surface area contributed by atoms with Crippen molar-refractivity contribution >= 4 is 11.6 Å². The molecule has 19 heavy (non-hydrogen) atoms. The zero-order valence-corrected chi connectivity index (χ0v) is 11.6. The number of hydrogen-bond donors (Lipinski definition) is 2. The highest BCUT2D eigenvalue weighted by atomic mass is 16.1. The van der Waals surface area contributed by atoms with E-state index in [2.05, 4.69) is 45.9 Å². The normalized spacial score (nSPS) is 16.4. The predicted octanol–water partition coefficient (Wildman–Crippen LogP) is 1.38. The number of nitrogens with one attached hydrogen (secondary N) is 2. The second-order valence-electron chi connectivity index (χ2n) is 5.03. The number of hydrogen-bond acceptors (Lipinski definition) is 3. The average Bonchev–Trinajstić information content (AvgIpc) is 2.45. The van der Waals surface area contributed by atoms with E-state index < -0.39 is 0 Å². The van der Waals surface area contributed by atoms with Crippen molar-refractivity contribution in [2.45, 2.75) is 25.8 Å². The number of piperidine rings is 1. The highest BCUT2D eigenvalue weighted by Gasteiger charge is 2.18. The van der Waals surface area contributed by atoms with E-state index in [0.29, 0.717) is 12.6 Å². The van der Waals surface area contributed by atoms with Crippen molar-refractivity contribution in [1.29, 1.82) is 0 Å². The minimum absolute atomic E-state index is 0.0423. The molecule has 1 amide bonds. The van der Waals surface area contributed by atoms with Crippen molar-refractivity contribution < 1.29 is 4.79 Å². The lowest BCUT2D eigenvalue weighted by Gasteiger charge is -2.34. The summed E-state index contributed by atoms with van der Waals surface area (Å²) in [6, 6.07) is 11.2. The van der Waals surface area contributed by atoms with E-state index in [9.17, 15) is 4.79 Å². The third kappa shape index (κ3) is 4.56. The maximum atomic E-state index is 10.7. The molecule has 1 heterocycles. The van der Waals surface area contributed by atoms with E-state index in [-0.39, 0.29) is 5.91 Å². The quantitative estimate of drug-likeness (QED) is 0.787. The van der Waals surface area contributed by atoms with Gasteiger partial charge in [0.05, 0.1) is 0 Å². The van der Waals surface area contributed by atoms with Gasteiger partial charge in [-0.3, -0.25) is 4.79 Å². The molecule has 1 aromatic carbocycles. The largest absolute Gasteiger partial charge is 0.371 e. The first-order valence-electron chi connectivity index (χ1n) is 7.03. The standard InChI is InChI=1S/C15H23N3O/c1-13(19)16-9-10-17-14-7-11-18(12-8-14)15-5-3-2-4-6-15/h2-6,14,17H,7-12H2,1H3,(H,16,19). The predicted molar refractivity (Wildman–Crippen MR) is 78.4 cm³/mol. The van der Waals surface area contributed by atoms with Crippen molar-refractivity contribution in [3.05, 3.63) is 30.3 Å². The van der Waals surface area contributed by atoms with Gasteiger partial charge in [-0.1, -0.05) is 18.2 Å². The molecule has 104 valence electrons.